The Morgan fingerprint density at radius 1 is 0.586 bits per heavy atom. The Bertz CT molecular complexity index is 1020. The molecule has 1 aliphatic carbocycles. The van der Waals surface area contributed by atoms with Crippen LogP contribution in [-0.4, -0.2) is 6.17 Å². The lowest BCUT2D eigenvalue weighted by Crippen LogP contribution is -2.61. The Morgan fingerprint density at radius 3 is 1.48 bits per heavy atom. The van der Waals surface area contributed by atoms with Crippen molar-refractivity contribution in [3.8, 4) is 0 Å². The third kappa shape index (κ3) is 2.56. The summed E-state index contributed by atoms with van der Waals surface area (Å²) in [6.45, 7) is 0. The van der Waals surface area contributed by atoms with Crippen LogP contribution in [0.25, 0.3) is 0 Å². The molecule has 0 heterocycles. The highest BCUT2D eigenvalue weighted by atomic mass is 19.2. The summed E-state index contributed by atoms with van der Waals surface area (Å²) < 4.78 is 79.9. The van der Waals surface area contributed by atoms with Crippen LogP contribution in [0.2, 0.25) is 0 Å². The highest BCUT2D eigenvalue weighted by Crippen LogP contribution is 2.64. The molecule has 5 heteroatoms. The van der Waals surface area contributed by atoms with E-state index in [9.17, 15) is 4.39 Å². The standard InChI is InChI=1S/C24H17F5/c25-20-16-22(27,17-10-4-1-5-11-17)24(29,19-14-8-3-9-15-19)23(28,21(20)26)18-12-6-2-7-13-18/h1-16,21H. The zero-order chi connectivity index (χ0) is 20.7. The Labute approximate surface area is 165 Å². The van der Waals surface area contributed by atoms with Gasteiger partial charge in [0, 0.05) is 0 Å². The van der Waals surface area contributed by atoms with Gasteiger partial charge in [-0.15, -0.1) is 0 Å². The van der Waals surface area contributed by atoms with Crippen LogP contribution in [0.4, 0.5) is 22.0 Å². The Hall–Kier alpha value is -2.95. The third-order valence-electron chi connectivity index (χ3n) is 5.49. The molecule has 3 aromatic rings. The summed E-state index contributed by atoms with van der Waals surface area (Å²) in [4.78, 5) is 0. The number of rotatable bonds is 3. The minimum absolute atomic E-state index is 0.223. The first-order valence-corrected chi connectivity index (χ1v) is 9.11. The maximum absolute atomic E-state index is 17.0. The van der Waals surface area contributed by atoms with Crippen LogP contribution in [-0.2, 0) is 17.0 Å². The Kier molecular flexibility index (Phi) is 4.56. The molecule has 0 saturated heterocycles. The molecule has 0 N–H and O–H groups in total. The second kappa shape index (κ2) is 6.83. The number of allylic oxidation sites excluding steroid dienone is 2. The van der Waals surface area contributed by atoms with Crippen LogP contribution >= 0.6 is 0 Å². The van der Waals surface area contributed by atoms with Crippen molar-refractivity contribution in [3.63, 3.8) is 0 Å². The van der Waals surface area contributed by atoms with Gasteiger partial charge in [-0.05, 0) is 22.8 Å². The van der Waals surface area contributed by atoms with Crippen molar-refractivity contribution in [1.82, 2.24) is 0 Å². The van der Waals surface area contributed by atoms with E-state index in [1.165, 1.54) is 66.7 Å². The predicted octanol–water partition coefficient (Wildman–Crippen LogP) is 6.79. The van der Waals surface area contributed by atoms with E-state index < -0.39 is 40.1 Å². The second-order valence-corrected chi connectivity index (χ2v) is 7.07. The molecule has 4 unspecified atom stereocenters. The molecule has 4 atom stereocenters. The predicted molar refractivity (Wildman–Crippen MR) is 102 cm³/mol. The molecule has 0 aromatic heterocycles. The first-order chi connectivity index (χ1) is 13.9. The van der Waals surface area contributed by atoms with E-state index in [0.29, 0.717) is 0 Å². The highest BCUT2D eigenvalue weighted by molar-refractivity contribution is 5.49. The molecule has 3 aromatic carbocycles. The van der Waals surface area contributed by atoms with Crippen molar-refractivity contribution in [2.24, 2.45) is 0 Å². The summed E-state index contributed by atoms with van der Waals surface area (Å²) in [7, 11) is 0. The fourth-order valence-corrected chi connectivity index (χ4v) is 4.07. The molecule has 148 valence electrons. The van der Waals surface area contributed by atoms with E-state index in [1.807, 2.05) is 0 Å². The van der Waals surface area contributed by atoms with Crippen LogP contribution in [0.3, 0.4) is 0 Å². The molecule has 0 nitrogen and oxygen atoms in total. The quantitative estimate of drug-likeness (QED) is 0.425. The number of hydrogen-bond acceptors (Lipinski definition) is 0. The summed E-state index contributed by atoms with van der Waals surface area (Å²) in [6, 6.07) is 20.1. The van der Waals surface area contributed by atoms with Gasteiger partial charge < -0.3 is 0 Å². The molecule has 0 aliphatic heterocycles. The lowest BCUT2D eigenvalue weighted by Gasteiger charge is -2.50. The van der Waals surface area contributed by atoms with Gasteiger partial charge in [-0.25, -0.2) is 22.0 Å². The third-order valence-corrected chi connectivity index (χ3v) is 5.49. The molecule has 29 heavy (non-hydrogen) atoms. The average molecular weight is 400 g/mol. The normalized spacial score (nSPS) is 31.9. The fourth-order valence-electron chi connectivity index (χ4n) is 4.07. The van der Waals surface area contributed by atoms with Crippen molar-refractivity contribution in [1.29, 1.82) is 0 Å². The average Bonchev–Trinajstić information content (AvgIpc) is 2.78. The van der Waals surface area contributed by atoms with Gasteiger partial charge >= 0.3 is 0 Å². The topological polar surface area (TPSA) is 0 Å². The van der Waals surface area contributed by atoms with Gasteiger partial charge in [0.2, 0.25) is 11.3 Å². The minimum Gasteiger partial charge on any atom is -0.236 e. The van der Waals surface area contributed by atoms with Crippen molar-refractivity contribution < 1.29 is 22.0 Å². The van der Waals surface area contributed by atoms with E-state index in [2.05, 4.69) is 0 Å². The second-order valence-electron chi connectivity index (χ2n) is 7.07. The van der Waals surface area contributed by atoms with Gasteiger partial charge in [0.1, 0.15) is 5.83 Å². The number of benzene rings is 3. The van der Waals surface area contributed by atoms with Gasteiger partial charge in [0.15, 0.2) is 11.8 Å². The Morgan fingerprint density at radius 2 is 1.00 bits per heavy atom. The van der Waals surface area contributed by atoms with E-state index >= 15 is 17.6 Å². The van der Waals surface area contributed by atoms with Crippen molar-refractivity contribution >= 4 is 0 Å². The van der Waals surface area contributed by atoms with E-state index in [0.717, 1.165) is 12.1 Å². The molecule has 0 spiro atoms. The van der Waals surface area contributed by atoms with E-state index in [4.69, 9.17) is 0 Å². The molecule has 0 fully saturated rings. The van der Waals surface area contributed by atoms with Crippen LogP contribution in [0.5, 0.6) is 0 Å². The summed E-state index contributed by atoms with van der Waals surface area (Å²) in [5, 5.41) is 0. The minimum atomic E-state index is -3.65. The van der Waals surface area contributed by atoms with Gasteiger partial charge in [-0.3, -0.25) is 0 Å². The van der Waals surface area contributed by atoms with Gasteiger partial charge in [-0.2, -0.15) is 0 Å². The molecular weight excluding hydrogens is 383 g/mol. The van der Waals surface area contributed by atoms with Crippen LogP contribution in [0.1, 0.15) is 16.7 Å². The molecule has 0 radical (unpaired) electrons. The summed E-state index contributed by atoms with van der Waals surface area (Å²) in [6.07, 6.45) is -2.80. The molecule has 0 amide bonds. The smallest absolute Gasteiger partial charge is 0.218 e. The summed E-state index contributed by atoms with van der Waals surface area (Å²) in [5.74, 6) is -1.69. The first-order valence-electron chi connectivity index (χ1n) is 9.11. The molecule has 0 saturated carbocycles. The molecule has 1 aliphatic rings. The highest BCUT2D eigenvalue weighted by Gasteiger charge is 2.74. The van der Waals surface area contributed by atoms with Crippen LogP contribution in [0, 0.1) is 0 Å². The van der Waals surface area contributed by atoms with Crippen molar-refractivity contribution in [2.45, 2.75) is 23.2 Å². The molecular formula is C24H17F5. The zero-order valence-corrected chi connectivity index (χ0v) is 15.2. The van der Waals surface area contributed by atoms with E-state index in [1.54, 1.807) is 12.1 Å². The largest absolute Gasteiger partial charge is 0.236 e. The lowest BCUT2D eigenvalue weighted by molar-refractivity contribution is -0.178. The first kappa shape index (κ1) is 19.4. The zero-order valence-electron chi connectivity index (χ0n) is 15.2. The lowest BCUT2D eigenvalue weighted by atomic mass is 9.60. The van der Waals surface area contributed by atoms with Gasteiger partial charge in [-0.1, -0.05) is 91.0 Å². The monoisotopic (exact) mass is 400 g/mol. The molecule has 4 rings (SSSR count). The van der Waals surface area contributed by atoms with Gasteiger partial charge in [0.25, 0.3) is 0 Å². The summed E-state index contributed by atoms with van der Waals surface area (Å²) >= 11 is 0. The van der Waals surface area contributed by atoms with Crippen molar-refractivity contribution in [3.05, 3.63) is 120 Å². The molecule has 0 bridgehead atoms. The van der Waals surface area contributed by atoms with Crippen LogP contribution < -0.4 is 0 Å². The number of hydrogen-bond donors (Lipinski definition) is 0. The number of alkyl halides is 4. The maximum atomic E-state index is 17.0. The van der Waals surface area contributed by atoms with E-state index in [-0.39, 0.29) is 11.6 Å². The summed E-state index contributed by atoms with van der Waals surface area (Å²) in [5.41, 5.74) is -11.8. The fraction of sp³-hybridized carbons (Fsp3) is 0.167. The van der Waals surface area contributed by atoms with Crippen molar-refractivity contribution in [2.75, 3.05) is 0 Å². The SMILES string of the molecule is FC1=CC(F)(c2ccccc2)C(F)(c2ccccc2)C(F)(c2ccccc2)C1F. The van der Waals surface area contributed by atoms with Crippen LogP contribution in [0.15, 0.2) is 103 Å². The Balaban J connectivity index is 2.12. The number of halogens is 5. The van der Waals surface area contributed by atoms with Gasteiger partial charge in [0.05, 0.1) is 0 Å². The maximum Gasteiger partial charge on any atom is 0.218 e.